The highest BCUT2D eigenvalue weighted by atomic mass is 16.5. The van der Waals surface area contributed by atoms with Gasteiger partial charge in [-0.05, 0) is 26.0 Å². The molecule has 0 radical (unpaired) electrons. The fraction of sp³-hybridized carbons (Fsp3) is 0.467. The maximum atomic E-state index is 6.05. The Bertz CT molecular complexity index is 551. The summed E-state index contributed by atoms with van der Waals surface area (Å²) < 4.78 is 6.05. The van der Waals surface area contributed by atoms with Crippen molar-refractivity contribution in [2.45, 2.75) is 32.0 Å². The van der Waals surface area contributed by atoms with E-state index in [1.807, 2.05) is 18.5 Å². The quantitative estimate of drug-likeness (QED) is 0.749. The smallest absolute Gasteiger partial charge is 0.142 e. The minimum absolute atomic E-state index is 0.234. The van der Waals surface area contributed by atoms with E-state index >= 15 is 0 Å². The second-order valence-corrected chi connectivity index (χ2v) is 5.35. The van der Waals surface area contributed by atoms with Crippen LogP contribution in [-0.2, 0) is 6.54 Å². The number of hydrogen-bond donors (Lipinski definition) is 3. The summed E-state index contributed by atoms with van der Waals surface area (Å²) in [7, 11) is 0. The molecule has 6 heteroatoms. The van der Waals surface area contributed by atoms with Crippen LogP contribution in [-0.4, -0.2) is 34.4 Å². The minimum Gasteiger partial charge on any atom is -0.487 e. The van der Waals surface area contributed by atoms with Crippen molar-refractivity contribution < 1.29 is 4.74 Å². The summed E-state index contributed by atoms with van der Waals surface area (Å²) in [6, 6.07) is 2.24. The summed E-state index contributed by atoms with van der Waals surface area (Å²) in [5.74, 6) is 0.873. The summed E-state index contributed by atoms with van der Waals surface area (Å²) in [6.45, 7) is 4.79. The van der Waals surface area contributed by atoms with Gasteiger partial charge in [0.15, 0.2) is 0 Å². The van der Waals surface area contributed by atoms with E-state index in [9.17, 15) is 0 Å². The molecule has 0 aromatic carbocycles. The number of nitrogens with one attached hydrogen (secondary N) is 3. The maximum absolute atomic E-state index is 6.05. The Morgan fingerprint density at radius 3 is 3.19 bits per heavy atom. The summed E-state index contributed by atoms with van der Waals surface area (Å²) in [6.07, 6.45) is 8.65. The van der Waals surface area contributed by atoms with Gasteiger partial charge in [0.05, 0.1) is 12.4 Å². The molecule has 0 amide bonds. The van der Waals surface area contributed by atoms with E-state index in [0.717, 1.165) is 42.9 Å². The van der Waals surface area contributed by atoms with Crippen LogP contribution in [0, 0.1) is 0 Å². The Kier molecular flexibility index (Phi) is 4.47. The lowest BCUT2D eigenvalue weighted by atomic mass is 10.1. The standard InChI is InChI=1S/C15H21N5O/c1-11(13-7-19-20-8-13)18-6-12-2-4-17-10-15(12)21-14-3-5-16-9-14/h2,4,7-8,10-11,14,16,18H,3,5-6,9H2,1H3,(H,19,20)/t11?,14-/m0/s1. The normalized spacial score (nSPS) is 19.6. The van der Waals surface area contributed by atoms with Crippen molar-refractivity contribution in [1.82, 2.24) is 25.8 Å². The Morgan fingerprint density at radius 1 is 1.48 bits per heavy atom. The van der Waals surface area contributed by atoms with Gasteiger partial charge in [-0.2, -0.15) is 5.10 Å². The molecular weight excluding hydrogens is 266 g/mol. The fourth-order valence-electron chi connectivity index (χ4n) is 2.45. The first kappa shape index (κ1) is 14.0. The number of aromatic nitrogens is 3. The predicted octanol–water partition coefficient (Wildman–Crippen LogP) is 1.40. The molecule has 1 unspecified atom stereocenters. The van der Waals surface area contributed by atoms with E-state index in [-0.39, 0.29) is 12.1 Å². The van der Waals surface area contributed by atoms with Gasteiger partial charge in [0.2, 0.25) is 0 Å². The van der Waals surface area contributed by atoms with Crippen LogP contribution >= 0.6 is 0 Å². The van der Waals surface area contributed by atoms with Crippen molar-refractivity contribution in [3.05, 3.63) is 42.0 Å². The monoisotopic (exact) mass is 287 g/mol. The first-order valence-corrected chi connectivity index (χ1v) is 7.35. The molecule has 1 aliphatic heterocycles. The van der Waals surface area contributed by atoms with Gasteiger partial charge in [-0.25, -0.2) is 0 Å². The molecule has 21 heavy (non-hydrogen) atoms. The van der Waals surface area contributed by atoms with E-state index in [1.165, 1.54) is 0 Å². The molecule has 1 aliphatic rings. The second-order valence-electron chi connectivity index (χ2n) is 5.35. The van der Waals surface area contributed by atoms with Crippen molar-refractivity contribution in [1.29, 1.82) is 0 Å². The molecule has 0 bridgehead atoms. The lowest BCUT2D eigenvalue weighted by Crippen LogP contribution is -2.22. The van der Waals surface area contributed by atoms with Gasteiger partial charge >= 0.3 is 0 Å². The molecule has 2 aromatic heterocycles. The van der Waals surface area contributed by atoms with Crippen LogP contribution in [0.4, 0.5) is 0 Å². The number of H-pyrrole nitrogens is 1. The van der Waals surface area contributed by atoms with Crippen LogP contribution in [0.5, 0.6) is 5.75 Å². The van der Waals surface area contributed by atoms with E-state index in [1.54, 1.807) is 12.4 Å². The molecular formula is C15H21N5O. The number of pyridine rings is 1. The summed E-state index contributed by atoms with van der Waals surface area (Å²) in [5.41, 5.74) is 2.28. The molecule has 1 fully saturated rings. The van der Waals surface area contributed by atoms with E-state index in [4.69, 9.17) is 4.74 Å². The van der Waals surface area contributed by atoms with Gasteiger partial charge in [0, 0.05) is 42.7 Å². The van der Waals surface area contributed by atoms with Gasteiger partial charge < -0.3 is 15.4 Å². The Morgan fingerprint density at radius 2 is 2.43 bits per heavy atom. The zero-order valence-corrected chi connectivity index (χ0v) is 12.2. The average Bonchev–Trinajstić information content (AvgIpc) is 3.19. The minimum atomic E-state index is 0.234. The molecule has 6 nitrogen and oxygen atoms in total. The molecule has 3 heterocycles. The summed E-state index contributed by atoms with van der Waals surface area (Å²) >= 11 is 0. The SMILES string of the molecule is CC(NCc1ccncc1O[C@H]1CCNC1)c1cn[nH]c1. The lowest BCUT2D eigenvalue weighted by molar-refractivity contribution is 0.219. The first-order chi connectivity index (χ1) is 10.3. The molecule has 2 atom stereocenters. The van der Waals surface area contributed by atoms with Crippen molar-refractivity contribution in [3.8, 4) is 5.75 Å². The average molecular weight is 287 g/mol. The molecule has 3 rings (SSSR count). The predicted molar refractivity (Wildman–Crippen MR) is 80.0 cm³/mol. The van der Waals surface area contributed by atoms with E-state index < -0.39 is 0 Å². The van der Waals surface area contributed by atoms with Crippen LogP contribution < -0.4 is 15.4 Å². The molecule has 0 saturated carbocycles. The van der Waals surface area contributed by atoms with Gasteiger partial charge in [-0.15, -0.1) is 0 Å². The number of aromatic amines is 1. The highest BCUT2D eigenvalue weighted by Crippen LogP contribution is 2.21. The molecule has 1 saturated heterocycles. The molecule has 3 N–H and O–H groups in total. The van der Waals surface area contributed by atoms with Gasteiger partial charge in [-0.3, -0.25) is 10.1 Å². The second kappa shape index (κ2) is 6.69. The van der Waals surface area contributed by atoms with Crippen molar-refractivity contribution in [2.24, 2.45) is 0 Å². The number of ether oxygens (including phenoxy) is 1. The van der Waals surface area contributed by atoms with Crippen LogP contribution in [0.1, 0.15) is 30.5 Å². The zero-order chi connectivity index (χ0) is 14.5. The van der Waals surface area contributed by atoms with E-state index in [0.29, 0.717) is 0 Å². The topological polar surface area (TPSA) is 74.9 Å². The zero-order valence-electron chi connectivity index (χ0n) is 12.2. The Hall–Kier alpha value is -1.92. The third-order valence-electron chi connectivity index (χ3n) is 3.80. The van der Waals surface area contributed by atoms with Crippen molar-refractivity contribution in [2.75, 3.05) is 13.1 Å². The highest BCUT2D eigenvalue weighted by Gasteiger charge is 2.17. The highest BCUT2D eigenvalue weighted by molar-refractivity contribution is 5.30. The Balaban J connectivity index is 1.62. The third kappa shape index (κ3) is 3.59. The van der Waals surface area contributed by atoms with Gasteiger partial charge in [0.1, 0.15) is 11.9 Å². The van der Waals surface area contributed by atoms with E-state index in [2.05, 4.69) is 32.7 Å². The van der Waals surface area contributed by atoms with Crippen molar-refractivity contribution >= 4 is 0 Å². The largest absolute Gasteiger partial charge is 0.487 e. The van der Waals surface area contributed by atoms with Gasteiger partial charge in [0.25, 0.3) is 0 Å². The number of hydrogen-bond acceptors (Lipinski definition) is 5. The molecule has 0 spiro atoms. The third-order valence-corrected chi connectivity index (χ3v) is 3.80. The van der Waals surface area contributed by atoms with Crippen LogP contribution in [0.2, 0.25) is 0 Å². The van der Waals surface area contributed by atoms with Gasteiger partial charge in [-0.1, -0.05) is 0 Å². The number of nitrogens with zero attached hydrogens (tertiary/aromatic N) is 2. The lowest BCUT2D eigenvalue weighted by Gasteiger charge is -2.17. The van der Waals surface area contributed by atoms with Crippen molar-refractivity contribution in [3.63, 3.8) is 0 Å². The maximum Gasteiger partial charge on any atom is 0.142 e. The van der Waals surface area contributed by atoms with Crippen LogP contribution in [0.25, 0.3) is 0 Å². The number of rotatable bonds is 6. The Labute approximate surface area is 124 Å². The first-order valence-electron chi connectivity index (χ1n) is 7.35. The van der Waals surface area contributed by atoms with Crippen LogP contribution in [0.15, 0.2) is 30.9 Å². The molecule has 2 aromatic rings. The molecule has 0 aliphatic carbocycles. The van der Waals surface area contributed by atoms with Crippen LogP contribution in [0.3, 0.4) is 0 Å². The fourth-order valence-corrected chi connectivity index (χ4v) is 2.45. The summed E-state index contributed by atoms with van der Waals surface area (Å²) in [4.78, 5) is 4.18. The summed E-state index contributed by atoms with van der Waals surface area (Å²) in [5, 5.41) is 13.6. The molecule has 112 valence electrons.